The summed E-state index contributed by atoms with van der Waals surface area (Å²) in [5, 5.41) is 5.44. The summed E-state index contributed by atoms with van der Waals surface area (Å²) in [6, 6.07) is 13.9. The number of nitrogens with two attached hydrogens (primary N) is 1. The first-order valence-electron chi connectivity index (χ1n) is 9.46. The summed E-state index contributed by atoms with van der Waals surface area (Å²) in [6.45, 7) is 2.09. The average molecular weight is 423 g/mol. The van der Waals surface area contributed by atoms with E-state index in [1.165, 1.54) is 6.07 Å². The van der Waals surface area contributed by atoms with E-state index >= 15 is 0 Å². The van der Waals surface area contributed by atoms with Crippen LogP contribution < -0.4 is 10.0 Å². The SMILES string of the molecule is NS(=O)(=O)c1cccc(-c2cccnc2)c1C(=O)N1CCN(c2ccccn2)CC1. The maximum atomic E-state index is 13.5. The number of primary sulfonamides is 1. The number of anilines is 1. The zero-order valence-corrected chi connectivity index (χ0v) is 17.0. The summed E-state index contributed by atoms with van der Waals surface area (Å²) >= 11 is 0. The van der Waals surface area contributed by atoms with Gasteiger partial charge in [0.2, 0.25) is 10.0 Å². The van der Waals surface area contributed by atoms with E-state index in [1.54, 1.807) is 47.8 Å². The van der Waals surface area contributed by atoms with E-state index in [-0.39, 0.29) is 16.4 Å². The van der Waals surface area contributed by atoms with E-state index < -0.39 is 10.0 Å². The molecule has 8 nitrogen and oxygen atoms in total. The molecule has 1 aliphatic rings. The Bertz CT molecular complexity index is 1150. The van der Waals surface area contributed by atoms with Gasteiger partial charge in [-0.2, -0.15) is 0 Å². The summed E-state index contributed by atoms with van der Waals surface area (Å²) in [5.41, 5.74) is 1.23. The molecule has 0 bridgehead atoms. The minimum atomic E-state index is -4.09. The molecular weight excluding hydrogens is 402 g/mol. The molecule has 3 aromatic rings. The fourth-order valence-electron chi connectivity index (χ4n) is 3.59. The first kappa shape index (κ1) is 20.0. The maximum absolute atomic E-state index is 13.5. The quantitative estimate of drug-likeness (QED) is 0.685. The third kappa shape index (κ3) is 4.03. The van der Waals surface area contributed by atoms with Crippen molar-refractivity contribution in [1.29, 1.82) is 0 Å². The van der Waals surface area contributed by atoms with Crippen LogP contribution in [0.15, 0.2) is 72.0 Å². The molecule has 1 aromatic carbocycles. The lowest BCUT2D eigenvalue weighted by Crippen LogP contribution is -2.49. The lowest BCUT2D eigenvalue weighted by Gasteiger charge is -2.36. The highest BCUT2D eigenvalue weighted by atomic mass is 32.2. The van der Waals surface area contributed by atoms with Gasteiger partial charge in [0, 0.05) is 50.3 Å². The molecular formula is C21H21N5O3S. The number of aromatic nitrogens is 2. The highest BCUT2D eigenvalue weighted by molar-refractivity contribution is 7.89. The maximum Gasteiger partial charge on any atom is 0.255 e. The van der Waals surface area contributed by atoms with E-state index in [0.717, 1.165) is 5.82 Å². The van der Waals surface area contributed by atoms with Gasteiger partial charge < -0.3 is 9.80 Å². The molecule has 0 radical (unpaired) electrons. The molecule has 0 aliphatic carbocycles. The van der Waals surface area contributed by atoms with Gasteiger partial charge in [0.15, 0.2) is 0 Å². The van der Waals surface area contributed by atoms with Crippen molar-refractivity contribution in [2.75, 3.05) is 31.1 Å². The Morgan fingerprint density at radius 3 is 2.37 bits per heavy atom. The molecule has 2 aromatic heterocycles. The average Bonchev–Trinajstić information content (AvgIpc) is 2.79. The van der Waals surface area contributed by atoms with Crippen LogP contribution in [0.2, 0.25) is 0 Å². The Morgan fingerprint density at radius 1 is 0.933 bits per heavy atom. The van der Waals surface area contributed by atoms with Crippen LogP contribution in [-0.2, 0) is 10.0 Å². The number of nitrogens with zero attached hydrogens (tertiary/aromatic N) is 4. The zero-order valence-electron chi connectivity index (χ0n) is 16.2. The van der Waals surface area contributed by atoms with Crippen molar-refractivity contribution in [3.63, 3.8) is 0 Å². The molecule has 9 heteroatoms. The molecule has 0 atom stereocenters. The topological polar surface area (TPSA) is 109 Å². The lowest BCUT2D eigenvalue weighted by molar-refractivity contribution is 0.0743. The number of carbonyl (C=O) groups excluding carboxylic acids is 1. The number of amides is 1. The predicted octanol–water partition coefficient (Wildman–Crippen LogP) is 1.75. The van der Waals surface area contributed by atoms with Crippen molar-refractivity contribution < 1.29 is 13.2 Å². The Morgan fingerprint density at radius 2 is 1.73 bits per heavy atom. The first-order chi connectivity index (χ1) is 14.4. The minimum absolute atomic E-state index is 0.0827. The van der Waals surface area contributed by atoms with Crippen LogP contribution in [0.25, 0.3) is 11.1 Å². The fourth-order valence-corrected chi connectivity index (χ4v) is 4.34. The molecule has 0 saturated carbocycles. The third-order valence-electron chi connectivity index (χ3n) is 5.06. The highest BCUT2D eigenvalue weighted by Gasteiger charge is 2.29. The Labute approximate surface area is 175 Å². The van der Waals surface area contributed by atoms with Gasteiger partial charge >= 0.3 is 0 Å². The molecule has 1 saturated heterocycles. The molecule has 1 aliphatic heterocycles. The number of piperazine rings is 1. The lowest BCUT2D eigenvalue weighted by atomic mass is 9.99. The molecule has 2 N–H and O–H groups in total. The molecule has 3 heterocycles. The number of benzene rings is 1. The van der Waals surface area contributed by atoms with Gasteiger partial charge in [-0.25, -0.2) is 18.5 Å². The Hall–Kier alpha value is -3.30. The summed E-state index contributed by atoms with van der Waals surface area (Å²) in [6.07, 6.45) is 4.94. The van der Waals surface area contributed by atoms with E-state index in [9.17, 15) is 13.2 Å². The smallest absolute Gasteiger partial charge is 0.255 e. The standard InChI is InChI=1S/C21H21N5O3S/c22-30(28,29)18-7-3-6-17(16-5-4-9-23-15-16)20(18)21(27)26-13-11-25(12-14-26)19-8-1-2-10-24-19/h1-10,15H,11-14H2,(H2,22,28,29). The van der Waals surface area contributed by atoms with E-state index in [2.05, 4.69) is 14.9 Å². The molecule has 0 spiro atoms. The highest BCUT2D eigenvalue weighted by Crippen LogP contribution is 2.29. The van der Waals surface area contributed by atoms with Gasteiger partial charge in [-0.3, -0.25) is 9.78 Å². The monoisotopic (exact) mass is 423 g/mol. The van der Waals surface area contributed by atoms with E-state index in [0.29, 0.717) is 37.3 Å². The van der Waals surface area contributed by atoms with Crippen molar-refractivity contribution in [3.05, 3.63) is 72.7 Å². The van der Waals surface area contributed by atoms with Crippen LogP contribution in [0.5, 0.6) is 0 Å². The van der Waals surface area contributed by atoms with Crippen LogP contribution in [0.4, 0.5) is 5.82 Å². The molecule has 30 heavy (non-hydrogen) atoms. The number of hydrogen-bond donors (Lipinski definition) is 1. The summed E-state index contributed by atoms with van der Waals surface area (Å²) in [5.74, 6) is 0.490. The molecule has 1 amide bonds. The molecule has 1 fully saturated rings. The van der Waals surface area contributed by atoms with Gasteiger partial charge in [-0.05, 0) is 29.8 Å². The third-order valence-corrected chi connectivity index (χ3v) is 6.01. The van der Waals surface area contributed by atoms with Crippen LogP contribution in [0.3, 0.4) is 0 Å². The van der Waals surface area contributed by atoms with Gasteiger partial charge in [-0.1, -0.05) is 24.3 Å². The first-order valence-corrected chi connectivity index (χ1v) is 11.0. The number of carbonyl (C=O) groups is 1. The van der Waals surface area contributed by atoms with Crippen molar-refractivity contribution in [3.8, 4) is 11.1 Å². The van der Waals surface area contributed by atoms with Gasteiger partial charge in [0.25, 0.3) is 5.91 Å². The summed E-state index contributed by atoms with van der Waals surface area (Å²) < 4.78 is 24.5. The van der Waals surface area contributed by atoms with Gasteiger partial charge in [-0.15, -0.1) is 0 Å². The van der Waals surface area contributed by atoms with Crippen molar-refractivity contribution in [2.45, 2.75) is 4.90 Å². The van der Waals surface area contributed by atoms with Crippen molar-refractivity contribution in [2.24, 2.45) is 5.14 Å². The molecule has 0 unspecified atom stereocenters. The largest absolute Gasteiger partial charge is 0.353 e. The second-order valence-electron chi connectivity index (χ2n) is 6.93. The van der Waals surface area contributed by atoms with E-state index in [4.69, 9.17) is 5.14 Å². The summed E-state index contributed by atoms with van der Waals surface area (Å²) in [7, 11) is -4.09. The van der Waals surface area contributed by atoms with Crippen LogP contribution in [-0.4, -0.2) is 55.4 Å². The Balaban J connectivity index is 1.67. The van der Waals surface area contributed by atoms with Gasteiger partial charge in [0.1, 0.15) is 5.82 Å². The fraction of sp³-hybridized carbons (Fsp3) is 0.190. The number of rotatable bonds is 4. The van der Waals surface area contributed by atoms with Crippen LogP contribution >= 0.6 is 0 Å². The van der Waals surface area contributed by atoms with Crippen molar-refractivity contribution in [1.82, 2.24) is 14.9 Å². The number of pyridine rings is 2. The Kier molecular flexibility index (Phi) is 5.47. The zero-order chi connectivity index (χ0) is 21.1. The van der Waals surface area contributed by atoms with Crippen LogP contribution in [0.1, 0.15) is 10.4 Å². The number of hydrogen-bond acceptors (Lipinski definition) is 6. The van der Waals surface area contributed by atoms with Gasteiger partial charge in [0.05, 0.1) is 10.5 Å². The normalized spacial score (nSPS) is 14.6. The van der Waals surface area contributed by atoms with E-state index in [1.807, 2.05) is 18.2 Å². The molecule has 4 rings (SSSR count). The second-order valence-corrected chi connectivity index (χ2v) is 8.46. The second kappa shape index (κ2) is 8.21. The van der Waals surface area contributed by atoms with Crippen LogP contribution in [0, 0.1) is 0 Å². The summed E-state index contributed by atoms with van der Waals surface area (Å²) in [4.78, 5) is 25.5. The van der Waals surface area contributed by atoms with Crippen molar-refractivity contribution >= 4 is 21.7 Å². The predicted molar refractivity (Wildman–Crippen MR) is 113 cm³/mol. The molecule has 154 valence electrons. The minimum Gasteiger partial charge on any atom is -0.353 e. The number of sulfonamides is 1.